The highest BCUT2D eigenvalue weighted by Crippen LogP contribution is 2.20. The smallest absolute Gasteiger partial charge is 0.295 e. The van der Waals surface area contributed by atoms with Crippen LogP contribution >= 0.6 is 0 Å². The summed E-state index contributed by atoms with van der Waals surface area (Å²) >= 11 is 0. The van der Waals surface area contributed by atoms with E-state index in [9.17, 15) is 9.18 Å². The van der Waals surface area contributed by atoms with Gasteiger partial charge in [0, 0.05) is 18.2 Å². The molecule has 0 saturated carbocycles. The Bertz CT molecular complexity index is 967. The van der Waals surface area contributed by atoms with Crippen molar-refractivity contribution in [1.29, 1.82) is 0 Å². The second-order valence-electron chi connectivity index (χ2n) is 6.75. The van der Waals surface area contributed by atoms with E-state index in [1.165, 1.54) is 10.7 Å². The molecule has 1 aromatic heterocycles. The summed E-state index contributed by atoms with van der Waals surface area (Å²) in [5, 5.41) is 10.3. The number of hydrogen-bond donors (Lipinski definition) is 2. The number of nitrogens with one attached hydrogen (secondary N) is 2. The van der Waals surface area contributed by atoms with Gasteiger partial charge < -0.3 is 10.6 Å². The molecule has 0 spiro atoms. The van der Waals surface area contributed by atoms with Gasteiger partial charge in [-0.05, 0) is 36.4 Å². The van der Waals surface area contributed by atoms with E-state index in [0.29, 0.717) is 11.5 Å². The number of hydrogen-bond acceptors (Lipinski definition) is 4. The first-order valence-corrected chi connectivity index (χ1v) is 9.32. The third-order valence-corrected chi connectivity index (χ3v) is 4.20. The SMILES string of the molecule is CCNCc1cccc(NC(=O)c2nc(C(C)C)n(-c3ccccc3F)n2)c1. The molecule has 3 aromatic rings. The summed E-state index contributed by atoms with van der Waals surface area (Å²) in [7, 11) is 0. The molecule has 0 aliphatic carbocycles. The maximum absolute atomic E-state index is 14.2. The van der Waals surface area contributed by atoms with Crippen molar-refractivity contribution >= 4 is 11.6 Å². The van der Waals surface area contributed by atoms with Crippen molar-refractivity contribution in [2.45, 2.75) is 33.2 Å². The van der Waals surface area contributed by atoms with Crippen LogP contribution in [-0.2, 0) is 6.54 Å². The molecule has 0 fully saturated rings. The summed E-state index contributed by atoms with van der Waals surface area (Å²) in [6, 6.07) is 13.9. The molecule has 1 heterocycles. The molecule has 6 nitrogen and oxygen atoms in total. The molecule has 0 unspecified atom stereocenters. The van der Waals surface area contributed by atoms with E-state index in [1.54, 1.807) is 18.2 Å². The predicted octanol–water partition coefficient (Wildman–Crippen LogP) is 3.89. The molecule has 0 aliphatic rings. The monoisotopic (exact) mass is 381 g/mol. The Labute approximate surface area is 163 Å². The Morgan fingerprint density at radius 1 is 1.18 bits per heavy atom. The number of carbonyl (C=O) groups is 1. The van der Waals surface area contributed by atoms with Crippen molar-refractivity contribution in [1.82, 2.24) is 20.1 Å². The fourth-order valence-corrected chi connectivity index (χ4v) is 2.81. The van der Waals surface area contributed by atoms with Crippen LogP contribution in [0, 0.1) is 5.82 Å². The van der Waals surface area contributed by atoms with E-state index in [4.69, 9.17) is 0 Å². The number of amides is 1. The molecule has 2 aromatic carbocycles. The van der Waals surface area contributed by atoms with Crippen molar-refractivity contribution in [2.24, 2.45) is 0 Å². The minimum absolute atomic E-state index is 0.00374. The average Bonchev–Trinajstić information content (AvgIpc) is 3.13. The molecule has 0 saturated heterocycles. The zero-order valence-electron chi connectivity index (χ0n) is 16.2. The highest BCUT2D eigenvalue weighted by Gasteiger charge is 2.21. The van der Waals surface area contributed by atoms with Crippen molar-refractivity contribution in [2.75, 3.05) is 11.9 Å². The van der Waals surface area contributed by atoms with E-state index >= 15 is 0 Å². The first-order chi connectivity index (χ1) is 13.5. The molecular weight excluding hydrogens is 357 g/mol. The van der Waals surface area contributed by atoms with E-state index in [1.807, 2.05) is 45.0 Å². The number of nitrogens with zero attached hydrogens (tertiary/aromatic N) is 3. The van der Waals surface area contributed by atoms with Gasteiger partial charge in [0.15, 0.2) is 0 Å². The number of carbonyl (C=O) groups excluding carboxylic acids is 1. The summed E-state index contributed by atoms with van der Waals surface area (Å²) in [4.78, 5) is 17.0. The molecule has 28 heavy (non-hydrogen) atoms. The van der Waals surface area contributed by atoms with Crippen LogP contribution in [0.15, 0.2) is 48.5 Å². The summed E-state index contributed by atoms with van der Waals surface area (Å²) < 4.78 is 15.6. The number of aromatic nitrogens is 3. The van der Waals surface area contributed by atoms with Crippen LogP contribution in [0.4, 0.5) is 10.1 Å². The van der Waals surface area contributed by atoms with Gasteiger partial charge in [0.2, 0.25) is 5.82 Å². The average molecular weight is 381 g/mol. The fourth-order valence-electron chi connectivity index (χ4n) is 2.81. The summed E-state index contributed by atoms with van der Waals surface area (Å²) in [5.41, 5.74) is 1.99. The molecule has 0 atom stereocenters. The van der Waals surface area contributed by atoms with E-state index in [0.717, 1.165) is 18.7 Å². The van der Waals surface area contributed by atoms with Crippen LogP contribution < -0.4 is 10.6 Å². The first kappa shape index (κ1) is 19.7. The van der Waals surface area contributed by atoms with E-state index in [2.05, 4.69) is 20.7 Å². The number of para-hydroxylation sites is 1. The van der Waals surface area contributed by atoms with Gasteiger partial charge in [-0.2, -0.15) is 0 Å². The van der Waals surface area contributed by atoms with Gasteiger partial charge in [-0.15, -0.1) is 5.10 Å². The Morgan fingerprint density at radius 2 is 1.96 bits per heavy atom. The number of anilines is 1. The quantitative estimate of drug-likeness (QED) is 0.651. The number of benzene rings is 2. The Balaban J connectivity index is 1.87. The Hall–Kier alpha value is -3.06. The fraction of sp³-hybridized carbons (Fsp3) is 0.286. The minimum atomic E-state index is -0.433. The summed E-state index contributed by atoms with van der Waals surface area (Å²) in [5.74, 6) is -0.354. The maximum atomic E-state index is 14.2. The molecule has 0 aliphatic heterocycles. The van der Waals surface area contributed by atoms with Crippen molar-refractivity contribution in [3.63, 3.8) is 0 Å². The summed E-state index contributed by atoms with van der Waals surface area (Å²) in [6.45, 7) is 7.47. The van der Waals surface area contributed by atoms with Crippen LogP contribution in [0.25, 0.3) is 5.69 Å². The molecule has 146 valence electrons. The lowest BCUT2D eigenvalue weighted by Crippen LogP contribution is -2.15. The first-order valence-electron chi connectivity index (χ1n) is 9.32. The van der Waals surface area contributed by atoms with Crippen molar-refractivity contribution < 1.29 is 9.18 Å². The number of rotatable bonds is 7. The van der Waals surface area contributed by atoms with Crippen LogP contribution in [0.3, 0.4) is 0 Å². The predicted molar refractivity (Wildman–Crippen MR) is 107 cm³/mol. The van der Waals surface area contributed by atoms with Crippen LogP contribution in [0.1, 0.15) is 48.7 Å². The molecule has 3 rings (SSSR count). The number of halogens is 1. The molecular formula is C21H24FN5O. The lowest BCUT2D eigenvalue weighted by Gasteiger charge is -2.08. The van der Waals surface area contributed by atoms with Gasteiger partial charge in [-0.1, -0.05) is 45.0 Å². The Morgan fingerprint density at radius 3 is 2.68 bits per heavy atom. The van der Waals surface area contributed by atoms with Crippen LogP contribution in [-0.4, -0.2) is 27.2 Å². The Kier molecular flexibility index (Phi) is 6.16. The lowest BCUT2D eigenvalue weighted by molar-refractivity contribution is 0.101. The summed E-state index contributed by atoms with van der Waals surface area (Å²) in [6.07, 6.45) is 0. The van der Waals surface area contributed by atoms with Crippen molar-refractivity contribution in [3.05, 3.63) is 71.6 Å². The standard InChI is InChI=1S/C21H24FN5O/c1-4-23-13-15-8-7-9-16(12-15)24-21(28)19-25-20(14(2)3)27(26-19)18-11-6-5-10-17(18)22/h5-12,14,23H,4,13H2,1-3H3,(H,24,28). The second kappa shape index (κ2) is 8.75. The maximum Gasteiger partial charge on any atom is 0.295 e. The molecule has 0 bridgehead atoms. The van der Waals surface area contributed by atoms with E-state index in [-0.39, 0.29) is 17.4 Å². The van der Waals surface area contributed by atoms with Gasteiger partial charge >= 0.3 is 0 Å². The van der Waals surface area contributed by atoms with Gasteiger partial charge in [-0.3, -0.25) is 4.79 Å². The molecule has 1 amide bonds. The van der Waals surface area contributed by atoms with E-state index < -0.39 is 11.7 Å². The van der Waals surface area contributed by atoms with Gasteiger partial charge in [-0.25, -0.2) is 14.1 Å². The zero-order valence-corrected chi connectivity index (χ0v) is 16.2. The van der Waals surface area contributed by atoms with Gasteiger partial charge in [0.05, 0.1) is 0 Å². The molecule has 2 N–H and O–H groups in total. The van der Waals surface area contributed by atoms with Crippen LogP contribution in [0.2, 0.25) is 0 Å². The lowest BCUT2D eigenvalue weighted by atomic mass is 10.2. The zero-order chi connectivity index (χ0) is 20.1. The van der Waals surface area contributed by atoms with Crippen molar-refractivity contribution in [3.8, 4) is 5.69 Å². The van der Waals surface area contributed by atoms with Crippen LogP contribution in [0.5, 0.6) is 0 Å². The largest absolute Gasteiger partial charge is 0.319 e. The second-order valence-corrected chi connectivity index (χ2v) is 6.75. The third kappa shape index (κ3) is 4.43. The van der Waals surface area contributed by atoms with Gasteiger partial charge in [0.25, 0.3) is 5.91 Å². The molecule has 0 radical (unpaired) electrons. The third-order valence-electron chi connectivity index (χ3n) is 4.20. The normalized spacial score (nSPS) is 11.0. The van der Waals surface area contributed by atoms with Gasteiger partial charge in [0.1, 0.15) is 17.3 Å². The minimum Gasteiger partial charge on any atom is -0.319 e. The highest BCUT2D eigenvalue weighted by molar-refractivity contribution is 6.01. The topological polar surface area (TPSA) is 71.8 Å². The highest BCUT2D eigenvalue weighted by atomic mass is 19.1. The molecule has 7 heteroatoms.